The van der Waals surface area contributed by atoms with Crippen LogP contribution in [0.5, 0.6) is 0 Å². The van der Waals surface area contributed by atoms with Crippen LogP contribution in [0.1, 0.15) is 11.1 Å². The lowest BCUT2D eigenvalue weighted by Crippen LogP contribution is -2.47. The third kappa shape index (κ3) is 2.21. The second-order valence-corrected chi connectivity index (χ2v) is 4.16. The van der Waals surface area contributed by atoms with Crippen molar-refractivity contribution in [2.24, 2.45) is 5.92 Å². The van der Waals surface area contributed by atoms with Crippen molar-refractivity contribution < 1.29 is 9.50 Å². The highest BCUT2D eigenvalue weighted by atomic mass is 19.1. The topological polar surface area (TPSA) is 47.3 Å². The predicted octanol–water partition coefficient (Wildman–Crippen LogP) is 1.12. The maximum absolute atomic E-state index is 13.0. The third-order valence-corrected chi connectivity index (χ3v) is 2.87. The predicted molar refractivity (Wildman–Crippen MR) is 57.0 cm³/mol. The third-order valence-electron chi connectivity index (χ3n) is 2.87. The summed E-state index contributed by atoms with van der Waals surface area (Å²) in [5, 5.41) is 17.8. The number of hydrogen-bond acceptors (Lipinski definition) is 3. The molecule has 1 aromatic carbocycles. The Balaban J connectivity index is 2.04. The van der Waals surface area contributed by atoms with Crippen LogP contribution in [0.15, 0.2) is 18.2 Å². The van der Waals surface area contributed by atoms with Gasteiger partial charge in [0.1, 0.15) is 5.82 Å². The number of benzene rings is 1. The number of aliphatic hydroxyl groups is 1. The van der Waals surface area contributed by atoms with Crippen molar-refractivity contribution in [3.8, 4) is 6.07 Å². The van der Waals surface area contributed by atoms with Gasteiger partial charge in [0.05, 0.1) is 11.6 Å². The Hall–Kier alpha value is -1.44. The second-order valence-electron chi connectivity index (χ2n) is 4.16. The van der Waals surface area contributed by atoms with Gasteiger partial charge in [-0.15, -0.1) is 0 Å². The molecule has 1 aliphatic heterocycles. The first kappa shape index (κ1) is 11.1. The minimum atomic E-state index is -0.312. The highest BCUT2D eigenvalue weighted by molar-refractivity contribution is 5.37. The molecule has 0 aliphatic carbocycles. The van der Waals surface area contributed by atoms with Crippen molar-refractivity contribution in [2.45, 2.75) is 6.54 Å². The van der Waals surface area contributed by atoms with Crippen LogP contribution >= 0.6 is 0 Å². The van der Waals surface area contributed by atoms with Crippen LogP contribution in [0.2, 0.25) is 0 Å². The summed E-state index contributed by atoms with van der Waals surface area (Å²) in [4.78, 5) is 2.09. The number of likely N-dealkylation sites (tertiary alicyclic amines) is 1. The number of nitriles is 1. The molecule has 0 spiro atoms. The summed E-state index contributed by atoms with van der Waals surface area (Å²) in [5.41, 5.74) is 1.24. The van der Waals surface area contributed by atoms with Crippen molar-refractivity contribution in [3.05, 3.63) is 35.1 Å². The summed E-state index contributed by atoms with van der Waals surface area (Å²) in [6, 6.07) is 6.27. The van der Waals surface area contributed by atoms with Crippen molar-refractivity contribution in [1.29, 1.82) is 5.26 Å². The molecular weight excluding hydrogens is 207 g/mol. The first-order valence-corrected chi connectivity index (χ1v) is 5.24. The molecule has 0 amide bonds. The van der Waals surface area contributed by atoms with E-state index in [9.17, 15) is 4.39 Å². The minimum absolute atomic E-state index is 0.199. The van der Waals surface area contributed by atoms with Crippen LogP contribution in [0.4, 0.5) is 4.39 Å². The standard InChI is InChI=1S/C12H13FN2O/c13-12-2-1-10(4-14)11(3-12)7-15-5-9(6-15)8-16/h1-3,9,16H,5-8H2. The van der Waals surface area contributed by atoms with E-state index in [1.165, 1.54) is 18.2 Å². The van der Waals surface area contributed by atoms with Gasteiger partial charge in [-0.3, -0.25) is 4.90 Å². The number of rotatable bonds is 3. The fraction of sp³-hybridized carbons (Fsp3) is 0.417. The molecule has 1 aromatic rings. The zero-order valence-corrected chi connectivity index (χ0v) is 8.86. The van der Waals surface area contributed by atoms with Crippen LogP contribution in [0, 0.1) is 23.1 Å². The molecule has 0 saturated carbocycles. The average molecular weight is 220 g/mol. The highest BCUT2D eigenvalue weighted by Gasteiger charge is 2.26. The maximum Gasteiger partial charge on any atom is 0.123 e. The molecule has 2 rings (SSSR count). The molecule has 1 heterocycles. The molecule has 0 unspecified atom stereocenters. The van der Waals surface area contributed by atoms with E-state index >= 15 is 0 Å². The molecule has 84 valence electrons. The maximum atomic E-state index is 13.0. The summed E-state index contributed by atoms with van der Waals surface area (Å²) >= 11 is 0. The van der Waals surface area contributed by atoms with Gasteiger partial charge in [0, 0.05) is 32.2 Å². The lowest BCUT2D eigenvalue weighted by atomic mass is 9.99. The van der Waals surface area contributed by atoms with Crippen molar-refractivity contribution in [1.82, 2.24) is 4.90 Å². The Labute approximate surface area is 93.7 Å². The minimum Gasteiger partial charge on any atom is -0.396 e. The summed E-state index contributed by atoms with van der Waals surface area (Å²) in [7, 11) is 0. The first-order valence-electron chi connectivity index (χ1n) is 5.24. The van der Waals surface area contributed by atoms with E-state index in [2.05, 4.69) is 11.0 Å². The van der Waals surface area contributed by atoms with Crippen LogP contribution < -0.4 is 0 Å². The molecule has 3 nitrogen and oxygen atoms in total. The van der Waals surface area contributed by atoms with Gasteiger partial charge in [-0.2, -0.15) is 5.26 Å². The molecule has 0 radical (unpaired) electrons. The fourth-order valence-corrected chi connectivity index (χ4v) is 1.96. The van der Waals surface area contributed by atoms with Crippen LogP contribution in [-0.4, -0.2) is 29.7 Å². The summed E-state index contributed by atoms with van der Waals surface area (Å²) in [5.74, 6) is 0.0207. The Bertz CT molecular complexity index is 422. The average Bonchev–Trinajstić information content (AvgIpc) is 2.23. The zero-order valence-electron chi connectivity index (χ0n) is 8.86. The second kappa shape index (κ2) is 4.60. The molecule has 4 heteroatoms. The van der Waals surface area contributed by atoms with Gasteiger partial charge in [0.15, 0.2) is 0 Å². The summed E-state index contributed by atoms with van der Waals surface area (Å²) in [6.07, 6.45) is 0. The molecule has 1 saturated heterocycles. The van der Waals surface area contributed by atoms with E-state index in [1.807, 2.05) is 0 Å². The lowest BCUT2D eigenvalue weighted by Gasteiger charge is -2.38. The monoisotopic (exact) mass is 220 g/mol. The van der Waals surface area contributed by atoms with Gasteiger partial charge >= 0.3 is 0 Å². The Morgan fingerprint density at radius 2 is 2.25 bits per heavy atom. The quantitative estimate of drug-likeness (QED) is 0.830. The zero-order chi connectivity index (χ0) is 11.5. The normalized spacial score (nSPS) is 16.8. The van der Waals surface area contributed by atoms with E-state index in [1.54, 1.807) is 0 Å². The van der Waals surface area contributed by atoms with Gasteiger partial charge in [-0.25, -0.2) is 4.39 Å². The lowest BCUT2D eigenvalue weighted by molar-refractivity contribution is 0.0478. The van der Waals surface area contributed by atoms with Crippen LogP contribution in [0.25, 0.3) is 0 Å². The fourth-order valence-electron chi connectivity index (χ4n) is 1.96. The van der Waals surface area contributed by atoms with Gasteiger partial charge in [-0.1, -0.05) is 0 Å². The molecule has 0 atom stereocenters. The Morgan fingerprint density at radius 3 is 2.88 bits per heavy atom. The van der Waals surface area contributed by atoms with Gasteiger partial charge in [-0.05, 0) is 23.8 Å². The van der Waals surface area contributed by atoms with Crippen molar-refractivity contribution in [2.75, 3.05) is 19.7 Å². The molecule has 1 aliphatic rings. The van der Waals surface area contributed by atoms with E-state index in [0.717, 1.165) is 18.7 Å². The number of nitrogens with zero attached hydrogens (tertiary/aromatic N) is 2. The number of aliphatic hydroxyl groups excluding tert-OH is 1. The summed E-state index contributed by atoms with van der Waals surface area (Å²) in [6.45, 7) is 2.41. The van der Waals surface area contributed by atoms with Gasteiger partial charge in [0.2, 0.25) is 0 Å². The number of hydrogen-bond donors (Lipinski definition) is 1. The molecule has 1 N–H and O–H groups in total. The van der Waals surface area contributed by atoms with E-state index in [4.69, 9.17) is 10.4 Å². The van der Waals surface area contributed by atoms with Gasteiger partial charge < -0.3 is 5.11 Å². The van der Waals surface area contributed by atoms with E-state index < -0.39 is 0 Å². The highest BCUT2D eigenvalue weighted by Crippen LogP contribution is 2.20. The Morgan fingerprint density at radius 1 is 1.50 bits per heavy atom. The number of halogens is 1. The van der Waals surface area contributed by atoms with E-state index in [-0.39, 0.29) is 12.4 Å². The molecule has 0 aromatic heterocycles. The molecule has 0 bridgehead atoms. The van der Waals surface area contributed by atoms with Gasteiger partial charge in [0.25, 0.3) is 0 Å². The molecule has 16 heavy (non-hydrogen) atoms. The smallest absolute Gasteiger partial charge is 0.123 e. The van der Waals surface area contributed by atoms with Crippen LogP contribution in [0.3, 0.4) is 0 Å². The Kier molecular flexibility index (Phi) is 3.18. The first-order chi connectivity index (χ1) is 7.72. The molecule has 1 fully saturated rings. The largest absolute Gasteiger partial charge is 0.396 e. The van der Waals surface area contributed by atoms with Crippen molar-refractivity contribution in [3.63, 3.8) is 0 Å². The van der Waals surface area contributed by atoms with E-state index in [0.29, 0.717) is 18.0 Å². The molecular formula is C12H13FN2O. The SMILES string of the molecule is N#Cc1ccc(F)cc1CN1CC(CO)C1. The van der Waals surface area contributed by atoms with Crippen molar-refractivity contribution >= 4 is 0 Å². The summed E-state index contributed by atoms with van der Waals surface area (Å²) < 4.78 is 13.0. The van der Waals surface area contributed by atoms with Crippen LogP contribution in [-0.2, 0) is 6.54 Å².